The molecule has 7 nitrogen and oxygen atoms in total. The lowest BCUT2D eigenvalue weighted by molar-refractivity contribution is -0.117. The van der Waals surface area contributed by atoms with E-state index in [1.165, 1.54) is 12.1 Å². The van der Waals surface area contributed by atoms with E-state index >= 15 is 0 Å². The summed E-state index contributed by atoms with van der Waals surface area (Å²) in [5.41, 5.74) is 0.675. The van der Waals surface area contributed by atoms with Crippen LogP contribution in [0.5, 0.6) is 5.75 Å². The lowest BCUT2D eigenvalue weighted by atomic mass is 10.2. The highest BCUT2D eigenvalue weighted by Crippen LogP contribution is 2.21. The fourth-order valence-corrected chi connectivity index (χ4v) is 2.26. The van der Waals surface area contributed by atoms with Gasteiger partial charge in [0.2, 0.25) is 11.8 Å². The molecule has 1 heterocycles. The Kier molecular flexibility index (Phi) is 6.10. The number of carbonyl (C=O) groups is 1. The number of hydrogen-bond donors (Lipinski definition) is 2. The minimum Gasteiger partial charge on any atom is -0.508 e. The fraction of sp³-hybridized carbons (Fsp3) is 0.438. The van der Waals surface area contributed by atoms with E-state index in [4.69, 9.17) is 4.42 Å². The number of benzene rings is 1. The Morgan fingerprint density at radius 1 is 1.17 bits per heavy atom. The molecule has 23 heavy (non-hydrogen) atoms. The van der Waals surface area contributed by atoms with Gasteiger partial charge in [-0.1, -0.05) is 18.9 Å². The Morgan fingerprint density at radius 3 is 2.43 bits per heavy atom. The van der Waals surface area contributed by atoms with Gasteiger partial charge in [0.25, 0.3) is 0 Å². The second-order valence-electron chi connectivity index (χ2n) is 5.28. The van der Waals surface area contributed by atoms with Gasteiger partial charge in [-0.2, -0.15) is 0 Å². The number of carbonyl (C=O) groups excluding carboxylic acids is 1. The second-order valence-corrected chi connectivity index (χ2v) is 5.28. The third kappa shape index (κ3) is 5.07. The largest absolute Gasteiger partial charge is 0.508 e. The fourth-order valence-electron chi connectivity index (χ4n) is 2.26. The van der Waals surface area contributed by atoms with Crippen LogP contribution in [0.25, 0.3) is 11.5 Å². The van der Waals surface area contributed by atoms with Crippen molar-refractivity contribution in [2.45, 2.75) is 26.7 Å². The zero-order valence-electron chi connectivity index (χ0n) is 13.5. The first-order chi connectivity index (χ1) is 11.1. The molecular formula is C16H22N4O3. The number of anilines is 1. The van der Waals surface area contributed by atoms with Crippen molar-refractivity contribution in [3.63, 3.8) is 0 Å². The van der Waals surface area contributed by atoms with Gasteiger partial charge in [0.1, 0.15) is 5.75 Å². The van der Waals surface area contributed by atoms with Crippen LogP contribution in [0.4, 0.5) is 6.01 Å². The zero-order chi connectivity index (χ0) is 16.7. The highest BCUT2D eigenvalue weighted by Gasteiger charge is 2.14. The summed E-state index contributed by atoms with van der Waals surface area (Å²) in [6, 6.07) is 6.47. The summed E-state index contributed by atoms with van der Waals surface area (Å²) < 4.78 is 5.43. The van der Waals surface area contributed by atoms with Gasteiger partial charge < -0.3 is 9.52 Å². The van der Waals surface area contributed by atoms with Crippen molar-refractivity contribution >= 4 is 11.9 Å². The summed E-state index contributed by atoms with van der Waals surface area (Å²) in [7, 11) is 0. The van der Waals surface area contributed by atoms with Crippen molar-refractivity contribution in [2.24, 2.45) is 0 Å². The highest BCUT2D eigenvalue weighted by atomic mass is 16.4. The Morgan fingerprint density at radius 2 is 1.83 bits per heavy atom. The standard InChI is InChI=1S/C16H22N4O3/c1-3-9-20(10-4-2)11-14(22)17-16-19-18-15(23-16)12-5-7-13(21)8-6-12/h5-8,21H,3-4,9-11H2,1-2H3,(H,17,19,22). The molecule has 1 aromatic heterocycles. The molecule has 124 valence electrons. The van der Waals surface area contributed by atoms with Crippen LogP contribution >= 0.6 is 0 Å². The molecule has 0 unspecified atom stereocenters. The van der Waals surface area contributed by atoms with Gasteiger partial charge >= 0.3 is 6.01 Å². The number of rotatable bonds is 8. The van der Waals surface area contributed by atoms with Crippen LogP contribution in [-0.2, 0) is 4.79 Å². The van der Waals surface area contributed by atoms with E-state index in [0.717, 1.165) is 25.9 Å². The van der Waals surface area contributed by atoms with Crippen molar-refractivity contribution in [2.75, 3.05) is 25.0 Å². The highest BCUT2D eigenvalue weighted by molar-refractivity contribution is 5.90. The maximum atomic E-state index is 12.0. The number of phenolic OH excluding ortho intramolecular Hbond substituents is 1. The summed E-state index contributed by atoms with van der Waals surface area (Å²) in [6.45, 7) is 6.23. The number of phenols is 1. The molecule has 1 amide bonds. The Bertz CT molecular complexity index is 619. The van der Waals surface area contributed by atoms with Crippen molar-refractivity contribution in [3.8, 4) is 17.2 Å². The molecule has 2 aromatic rings. The third-order valence-electron chi connectivity index (χ3n) is 3.23. The molecule has 7 heteroatoms. The first-order valence-electron chi connectivity index (χ1n) is 7.77. The molecular weight excluding hydrogens is 296 g/mol. The first kappa shape index (κ1) is 17.0. The van der Waals surface area contributed by atoms with Crippen LogP contribution in [0.3, 0.4) is 0 Å². The number of amides is 1. The van der Waals surface area contributed by atoms with E-state index in [-0.39, 0.29) is 17.7 Å². The van der Waals surface area contributed by atoms with Crippen LogP contribution in [0, 0.1) is 0 Å². The smallest absolute Gasteiger partial charge is 0.322 e. The molecule has 0 saturated carbocycles. The number of hydrogen-bond acceptors (Lipinski definition) is 6. The molecule has 0 aliphatic carbocycles. The molecule has 0 atom stereocenters. The van der Waals surface area contributed by atoms with Crippen molar-refractivity contribution < 1.29 is 14.3 Å². The minimum atomic E-state index is -0.173. The lowest BCUT2D eigenvalue weighted by Gasteiger charge is -2.19. The maximum Gasteiger partial charge on any atom is 0.322 e. The van der Waals surface area contributed by atoms with E-state index in [9.17, 15) is 9.90 Å². The molecule has 2 N–H and O–H groups in total. The Hall–Kier alpha value is -2.41. The molecule has 0 aliphatic heterocycles. The van der Waals surface area contributed by atoms with E-state index in [0.29, 0.717) is 18.0 Å². The lowest BCUT2D eigenvalue weighted by Crippen LogP contribution is -2.34. The molecule has 0 fully saturated rings. The predicted octanol–water partition coefficient (Wildman–Crippen LogP) is 2.50. The molecule has 0 aliphatic rings. The topological polar surface area (TPSA) is 91.5 Å². The van der Waals surface area contributed by atoms with Gasteiger partial charge in [-0.05, 0) is 50.2 Å². The van der Waals surface area contributed by atoms with E-state index in [1.54, 1.807) is 12.1 Å². The normalized spacial score (nSPS) is 10.9. The predicted molar refractivity (Wildman–Crippen MR) is 87.1 cm³/mol. The van der Waals surface area contributed by atoms with Crippen LogP contribution in [-0.4, -0.2) is 45.7 Å². The monoisotopic (exact) mass is 318 g/mol. The number of nitrogens with one attached hydrogen (secondary N) is 1. The number of aromatic nitrogens is 2. The van der Waals surface area contributed by atoms with Crippen molar-refractivity contribution in [1.82, 2.24) is 15.1 Å². The number of nitrogens with zero attached hydrogens (tertiary/aromatic N) is 3. The average molecular weight is 318 g/mol. The molecule has 2 rings (SSSR count). The van der Waals surface area contributed by atoms with Crippen molar-refractivity contribution in [3.05, 3.63) is 24.3 Å². The summed E-state index contributed by atoms with van der Waals surface area (Å²) in [5, 5.41) is 19.6. The van der Waals surface area contributed by atoms with Crippen LogP contribution in [0.15, 0.2) is 28.7 Å². The van der Waals surface area contributed by atoms with Crippen LogP contribution in [0.2, 0.25) is 0 Å². The molecule has 0 saturated heterocycles. The van der Waals surface area contributed by atoms with Crippen LogP contribution < -0.4 is 5.32 Å². The van der Waals surface area contributed by atoms with Gasteiger partial charge in [0.15, 0.2) is 0 Å². The minimum absolute atomic E-state index is 0.0750. The summed E-state index contributed by atoms with van der Waals surface area (Å²) in [4.78, 5) is 14.1. The summed E-state index contributed by atoms with van der Waals surface area (Å²) >= 11 is 0. The number of aromatic hydroxyl groups is 1. The third-order valence-corrected chi connectivity index (χ3v) is 3.23. The van der Waals surface area contributed by atoms with E-state index in [2.05, 4.69) is 34.3 Å². The van der Waals surface area contributed by atoms with Gasteiger partial charge in [-0.3, -0.25) is 15.0 Å². The summed E-state index contributed by atoms with van der Waals surface area (Å²) in [6.07, 6.45) is 2.00. The van der Waals surface area contributed by atoms with Gasteiger partial charge in [0, 0.05) is 5.56 Å². The first-order valence-corrected chi connectivity index (χ1v) is 7.77. The van der Waals surface area contributed by atoms with Crippen molar-refractivity contribution in [1.29, 1.82) is 0 Å². The quantitative estimate of drug-likeness (QED) is 0.777. The molecule has 0 bridgehead atoms. The molecule has 0 spiro atoms. The molecule has 1 aromatic carbocycles. The van der Waals surface area contributed by atoms with Gasteiger partial charge in [-0.15, -0.1) is 5.10 Å². The van der Waals surface area contributed by atoms with E-state index < -0.39 is 0 Å². The Balaban J connectivity index is 1.95. The zero-order valence-corrected chi connectivity index (χ0v) is 13.5. The van der Waals surface area contributed by atoms with Gasteiger partial charge in [-0.25, -0.2) is 0 Å². The van der Waals surface area contributed by atoms with Gasteiger partial charge in [0.05, 0.1) is 6.54 Å². The Labute approximate surface area is 135 Å². The summed E-state index contributed by atoms with van der Waals surface area (Å²) in [5.74, 6) is 0.279. The van der Waals surface area contributed by atoms with Crippen LogP contribution in [0.1, 0.15) is 26.7 Å². The average Bonchev–Trinajstić information content (AvgIpc) is 2.96. The second kappa shape index (κ2) is 8.28. The maximum absolute atomic E-state index is 12.0. The van der Waals surface area contributed by atoms with E-state index in [1.807, 2.05) is 0 Å². The SMILES string of the molecule is CCCN(CCC)CC(=O)Nc1nnc(-c2ccc(O)cc2)o1. The molecule has 0 radical (unpaired) electrons.